The number of amides is 2. The van der Waals surface area contributed by atoms with Gasteiger partial charge >= 0.3 is 0 Å². The number of likely N-dealkylation sites (N-methyl/N-ethyl adjacent to an activating group) is 1. The number of rotatable bonds is 6. The molecule has 1 aliphatic carbocycles. The quantitative estimate of drug-likeness (QED) is 0.781. The Morgan fingerprint density at radius 1 is 1.19 bits per heavy atom. The normalized spacial score (nSPS) is 19.6. The van der Waals surface area contributed by atoms with Crippen LogP contribution in [0.3, 0.4) is 0 Å². The van der Waals surface area contributed by atoms with E-state index in [1.807, 2.05) is 31.2 Å². The minimum Gasteiger partial charge on any atom is -0.378 e. The van der Waals surface area contributed by atoms with Crippen LogP contribution in [0.15, 0.2) is 36.4 Å². The lowest BCUT2D eigenvalue weighted by molar-refractivity contribution is -0.138. The summed E-state index contributed by atoms with van der Waals surface area (Å²) in [4.78, 5) is 29.0. The van der Waals surface area contributed by atoms with Crippen molar-refractivity contribution in [3.63, 3.8) is 0 Å². The smallest absolute Gasteiger partial charge is 0.243 e. The van der Waals surface area contributed by atoms with Gasteiger partial charge in [0.05, 0.1) is 19.8 Å². The summed E-state index contributed by atoms with van der Waals surface area (Å²) >= 11 is 0. The topological polar surface area (TPSA) is 61.9 Å². The van der Waals surface area contributed by atoms with Gasteiger partial charge in [-0.05, 0) is 50.5 Å². The molecule has 1 N–H and O–H groups in total. The molecule has 2 aliphatic rings. The maximum absolute atomic E-state index is 12.6. The molecule has 0 spiro atoms. The monoisotopic (exact) mass is 371 g/mol. The summed E-state index contributed by atoms with van der Waals surface area (Å²) in [6.07, 6.45) is 6.77. The molecule has 0 saturated carbocycles. The Kier molecular flexibility index (Phi) is 6.87. The van der Waals surface area contributed by atoms with Gasteiger partial charge in [0.2, 0.25) is 11.8 Å². The third kappa shape index (κ3) is 5.32. The van der Waals surface area contributed by atoms with Gasteiger partial charge in [0.15, 0.2) is 0 Å². The molecule has 2 amide bonds. The van der Waals surface area contributed by atoms with E-state index in [1.165, 1.54) is 0 Å². The van der Waals surface area contributed by atoms with Crippen molar-refractivity contribution in [3.8, 4) is 0 Å². The highest BCUT2D eigenvalue weighted by Crippen LogP contribution is 2.21. The largest absolute Gasteiger partial charge is 0.378 e. The Bertz CT molecular complexity index is 666. The van der Waals surface area contributed by atoms with Crippen molar-refractivity contribution in [1.82, 2.24) is 4.90 Å². The van der Waals surface area contributed by atoms with Gasteiger partial charge in [-0.1, -0.05) is 12.2 Å². The zero-order valence-corrected chi connectivity index (χ0v) is 16.0. The number of anilines is 2. The standard InChI is InChI=1S/C21H29N3O3/c1-2-23(21(26)17-6-4-3-5-7-17)16-20(25)22-18-8-10-19(11-9-18)24-12-14-27-15-13-24/h3-4,8-11,17H,2,5-7,12-16H2,1H3,(H,22,25). The molecule has 1 atom stereocenters. The molecule has 1 saturated heterocycles. The number of hydrogen-bond acceptors (Lipinski definition) is 4. The van der Waals surface area contributed by atoms with Crippen LogP contribution in [0.1, 0.15) is 26.2 Å². The van der Waals surface area contributed by atoms with Gasteiger partial charge in [-0.2, -0.15) is 0 Å². The minimum absolute atomic E-state index is 0.00977. The van der Waals surface area contributed by atoms with Crippen molar-refractivity contribution in [2.45, 2.75) is 26.2 Å². The molecule has 1 aromatic carbocycles. The Hall–Kier alpha value is -2.34. The van der Waals surface area contributed by atoms with Crippen molar-refractivity contribution in [1.29, 1.82) is 0 Å². The molecule has 6 heteroatoms. The first-order valence-electron chi connectivity index (χ1n) is 9.83. The van der Waals surface area contributed by atoms with Gasteiger partial charge in [0.1, 0.15) is 0 Å². The van der Waals surface area contributed by atoms with E-state index >= 15 is 0 Å². The third-order valence-corrected chi connectivity index (χ3v) is 5.17. The number of benzene rings is 1. The molecular weight excluding hydrogens is 342 g/mol. The van der Waals surface area contributed by atoms with E-state index < -0.39 is 0 Å². The summed E-state index contributed by atoms with van der Waals surface area (Å²) < 4.78 is 5.37. The van der Waals surface area contributed by atoms with E-state index in [2.05, 4.69) is 22.4 Å². The molecule has 146 valence electrons. The van der Waals surface area contributed by atoms with Crippen molar-refractivity contribution in [2.75, 3.05) is 49.6 Å². The zero-order valence-electron chi connectivity index (χ0n) is 16.0. The molecular formula is C21H29N3O3. The number of allylic oxidation sites excluding steroid dienone is 2. The number of nitrogens with one attached hydrogen (secondary N) is 1. The molecule has 0 radical (unpaired) electrons. The van der Waals surface area contributed by atoms with Crippen LogP contribution in [0.25, 0.3) is 0 Å². The Labute approximate surface area is 161 Å². The van der Waals surface area contributed by atoms with Gasteiger partial charge in [-0.15, -0.1) is 0 Å². The summed E-state index contributed by atoms with van der Waals surface area (Å²) in [5.74, 6) is -0.0640. The Morgan fingerprint density at radius 3 is 2.56 bits per heavy atom. The van der Waals surface area contributed by atoms with Gasteiger partial charge < -0.3 is 19.9 Å². The zero-order chi connectivity index (χ0) is 19.1. The summed E-state index contributed by atoms with van der Waals surface area (Å²) in [5.41, 5.74) is 1.88. The first-order valence-corrected chi connectivity index (χ1v) is 9.83. The van der Waals surface area contributed by atoms with Crippen molar-refractivity contribution in [2.24, 2.45) is 5.92 Å². The summed E-state index contributed by atoms with van der Waals surface area (Å²) in [5, 5.41) is 2.90. The van der Waals surface area contributed by atoms with Crippen LogP contribution in [0.4, 0.5) is 11.4 Å². The van der Waals surface area contributed by atoms with Gasteiger partial charge in [0, 0.05) is 36.9 Å². The summed E-state index contributed by atoms with van der Waals surface area (Å²) in [6, 6.07) is 7.84. The molecule has 1 fully saturated rings. The SMILES string of the molecule is CCN(CC(=O)Nc1ccc(N2CCOCC2)cc1)C(=O)C1CC=CCC1. The van der Waals surface area contributed by atoms with Crippen LogP contribution >= 0.6 is 0 Å². The first kappa shape index (κ1) is 19.4. The average molecular weight is 371 g/mol. The molecule has 3 rings (SSSR count). The molecule has 1 aromatic rings. The number of ether oxygens (including phenoxy) is 1. The van der Waals surface area contributed by atoms with E-state index in [0.717, 1.165) is 56.9 Å². The predicted molar refractivity (Wildman–Crippen MR) is 107 cm³/mol. The van der Waals surface area contributed by atoms with E-state index in [4.69, 9.17) is 4.74 Å². The average Bonchev–Trinajstić information content (AvgIpc) is 2.73. The number of carbonyl (C=O) groups excluding carboxylic acids is 2. The second-order valence-corrected chi connectivity index (χ2v) is 7.03. The van der Waals surface area contributed by atoms with E-state index in [1.54, 1.807) is 4.90 Å². The van der Waals surface area contributed by atoms with Gasteiger partial charge in [0.25, 0.3) is 0 Å². The lowest BCUT2D eigenvalue weighted by atomic mass is 9.93. The highest BCUT2D eigenvalue weighted by molar-refractivity contribution is 5.95. The highest BCUT2D eigenvalue weighted by Gasteiger charge is 2.25. The van der Waals surface area contributed by atoms with Gasteiger partial charge in [-0.25, -0.2) is 0 Å². The van der Waals surface area contributed by atoms with Crippen molar-refractivity contribution < 1.29 is 14.3 Å². The summed E-state index contributed by atoms with van der Waals surface area (Å²) in [7, 11) is 0. The van der Waals surface area contributed by atoms with Crippen LogP contribution < -0.4 is 10.2 Å². The lowest BCUT2D eigenvalue weighted by Crippen LogP contribution is -2.41. The first-order chi connectivity index (χ1) is 13.2. The molecule has 0 aromatic heterocycles. The van der Waals surface area contributed by atoms with Crippen molar-refractivity contribution in [3.05, 3.63) is 36.4 Å². The fourth-order valence-electron chi connectivity index (χ4n) is 3.57. The van der Waals surface area contributed by atoms with Crippen LogP contribution in [0, 0.1) is 5.92 Å². The predicted octanol–water partition coefficient (Wildman–Crippen LogP) is 2.67. The molecule has 1 heterocycles. The highest BCUT2D eigenvalue weighted by atomic mass is 16.5. The fraction of sp³-hybridized carbons (Fsp3) is 0.524. The summed E-state index contributed by atoms with van der Waals surface area (Å²) in [6.45, 7) is 5.82. The van der Waals surface area contributed by atoms with Crippen LogP contribution in [0.5, 0.6) is 0 Å². The number of hydrogen-bond donors (Lipinski definition) is 1. The van der Waals surface area contributed by atoms with Crippen LogP contribution in [0.2, 0.25) is 0 Å². The molecule has 1 aliphatic heterocycles. The number of morpholine rings is 1. The van der Waals surface area contributed by atoms with E-state index in [9.17, 15) is 9.59 Å². The number of nitrogens with zero attached hydrogens (tertiary/aromatic N) is 2. The van der Waals surface area contributed by atoms with Gasteiger partial charge in [-0.3, -0.25) is 9.59 Å². The molecule has 1 unspecified atom stereocenters. The Morgan fingerprint density at radius 2 is 1.93 bits per heavy atom. The maximum atomic E-state index is 12.6. The lowest BCUT2D eigenvalue weighted by Gasteiger charge is -2.29. The fourth-order valence-corrected chi connectivity index (χ4v) is 3.57. The van der Waals surface area contributed by atoms with Crippen molar-refractivity contribution >= 4 is 23.2 Å². The maximum Gasteiger partial charge on any atom is 0.243 e. The second kappa shape index (κ2) is 9.55. The third-order valence-electron chi connectivity index (χ3n) is 5.17. The number of carbonyl (C=O) groups is 2. The van der Waals surface area contributed by atoms with E-state index in [-0.39, 0.29) is 24.3 Å². The molecule has 6 nitrogen and oxygen atoms in total. The second-order valence-electron chi connectivity index (χ2n) is 7.03. The molecule has 27 heavy (non-hydrogen) atoms. The van der Waals surface area contributed by atoms with E-state index in [0.29, 0.717) is 6.54 Å². The van der Waals surface area contributed by atoms with Crippen LogP contribution in [-0.2, 0) is 14.3 Å². The molecule has 0 bridgehead atoms. The minimum atomic E-state index is -0.157. The Balaban J connectivity index is 1.52. The van der Waals surface area contributed by atoms with Crippen LogP contribution in [-0.4, -0.2) is 56.1 Å².